The van der Waals surface area contributed by atoms with Gasteiger partial charge in [0, 0.05) is 39.3 Å². The van der Waals surface area contributed by atoms with Crippen molar-refractivity contribution < 1.29 is 0 Å². The van der Waals surface area contributed by atoms with Gasteiger partial charge < -0.3 is 15.2 Å². The maximum atomic E-state index is 5.78. The van der Waals surface area contributed by atoms with Crippen molar-refractivity contribution in [3.8, 4) is 0 Å². The third-order valence-electron chi connectivity index (χ3n) is 3.68. The summed E-state index contributed by atoms with van der Waals surface area (Å²) in [5.41, 5.74) is 7.30. The minimum atomic E-state index is 0.448. The second kappa shape index (κ2) is 5.10. The molecule has 0 aliphatic carbocycles. The van der Waals surface area contributed by atoms with Crippen LogP contribution in [0.2, 0.25) is 0 Å². The maximum absolute atomic E-state index is 5.78. The quantitative estimate of drug-likeness (QED) is 0.814. The molecule has 2 aromatic heterocycles. The maximum Gasteiger partial charge on any atom is 0.165 e. The first-order chi connectivity index (χ1) is 9.24. The molecule has 7 heteroatoms. The predicted octanol–water partition coefficient (Wildman–Crippen LogP) is -0.344. The van der Waals surface area contributed by atoms with Crippen LogP contribution in [0.3, 0.4) is 0 Å². The molecule has 0 saturated carbocycles. The molecule has 1 aliphatic heterocycles. The highest BCUT2D eigenvalue weighted by Crippen LogP contribution is 2.14. The lowest BCUT2D eigenvalue weighted by Gasteiger charge is -2.32. The summed E-state index contributed by atoms with van der Waals surface area (Å²) in [6.45, 7) is 6.43. The molecular weight excluding hydrogens is 242 g/mol. The molecule has 3 rings (SSSR count). The van der Waals surface area contributed by atoms with E-state index in [4.69, 9.17) is 5.73 Å². The molecule has 0 bridgehead atoms. The van der Waals surface area contributed by atoms with E-state index in [9.17, 15) is 0 Å². The number of fused-ring (bicyclic) bond motifs is 1. The Balaban J connectivity index is 1.67. The van der Waals surface area contributed by atoms with Crippen molar-refractivity contribution in [3.05, 3.63) is 12.7 Å². The number of nitrogens with two attached hydrogens (primary N) is 1. The molecule has 1 saturated heterocycles. The number of imidazole rings is 1. The van der Waals surface area contributed by atoms with Crippen molar-refractivity contribution in [1.29, 1.82) is 0 Å². The van der Waals surface area contributed by atoms with Crippen molar-refractivity contribution in [1.82, 2.24) is 29.3 Å². The van der Waals surface area contributed by atoms with Crippen molar-refractivity contribution in [2.45, 2.75) is 6.54 Å². The van der Waals surface area contributed by atoms with Crippen LogP contribution in [0, 0.1) is 0 Å². The summed E-state index contributed by atoms with van der Waals surface area (Å²) in [7, 11) is 2.17. The van der Waals surface area contributed by atoms with Gasteiger partial charge in [0.15, 0.2) is 11.5 Å². The fraction of sp³-hybridized carbons (Fsp3) is 0.583. The number of anilines is 1. The zero-order valence-electron chi connectivity index (χ0n) is 11.2. The van der Waals surface area contributed by atoms with Gasteiger partial charge >= 0.3 is 0 Å². The zero-order chi connectivity index (χ0) is 13.2. The van der Waals surface area contributed by atoms with E-state index in [2.05, 4.69) is 31.8 Å². The van der Waals surface area contributed by atoms with Crippen molar-refractivity contribution in [3.63, 3.8) is 0 Å². The molecule has 1 fully saturated rings. The van der Waals surface area contributed by atoms with Gasteiger partial charge in [-0.15, -0.1) is 0 Å². The topological polar surface area (TPSA) is 76.1 Å². The van der Waals surface area contributed by atoms with Gasteiger partial charge in [0.1, 0.15) is 11.8 Å². The van der Waals surface area contributed by atoms with E-state index in [1.54, 1.807) is 6.33 Å². The van der Waals surface area contributed by atoms with Crippen molar-refractivity contribution in [2.24, 2.45) is 0 Å². The van der Waals surface area contributed by atoms with Gasteiger partial charge in [-0.2, -0.15) is 0 Å². The van der Waals surface area contributed by atoms with Crippen LogP contribution in [0.5, 0.6) is 0 Å². The average Bonchev–Trinajstić information content (AvgIpc) is 2.83. The van der Waals surface area contributed by atoms with E-state index in [0.717, 1.165) is 44.9 Å². The molecule has 0 atom stereocenters. The third kappa shape index (κ3) is 2.52. The van der Waals surface area contributed by atoms with Crippen LogP contribution < -0.4 is 5.73 Å². The molecule has 3 heterocycles. The lowest BCUT2D eigenvalue weighted by atomic mass is 10.3. The Morgan fingerprint density at radius 1 is 1.11 bits per heavy atom. The molecule has 0 spiro atoms. The fourth-order valence-electron chi connectivity index (χ4n) is 2.38. The van der Waals surface area contributed by atoms with Gasteiger partial charge in [0.25, 0.3) is 0 Å². The average molecular weight is 261 g/mol. The van der Waals surface area contributed by atoms with E-state index >= 15 is 0 Å². The number of aromatic nitrogens is 4. The third-order valence-corrected chi connectivity index (χ3v) is 3.68. The summed E-state index contributed by atoms with van der Waals surface area (Å²) in [6.07, 6.45) is 3.29. The van der Waals surface area contributed by atoms with Crippen LogP contribution in [0.1, 0.15) is 0 Å². The summed E-state index contributed by atoms with van der Waals surface area (Å²) in [5.74, 6) is 0.448. The summed E-state index contributed by atoms with van der Waals surface area (Å²) in [4.78, 5) is 17.3. The first-order valence-corrected chi connectivity index (χ1v) is 6.56. The highest BCUT2D eigenvalue weighted by Gasteiger charge is 2.14. The molecule has 2 aromatic rings. The Bertz CT molecular complexity index is 556. The van der Waals surface area contributed by atoms with Crippen LogP contribution in [0.25, 0.3) is 11.2 Å². The second-order valence-corrected chi connectivity index (χ2v) is 5.01. The first kappa shape index (κ1) is 12.3. The fourth-order valence-corrected chi connectivity index (χ4v) is 2.38. The normalized spacial score (nSPS) is 18.2. The van der Waals surface area contributed by atoms with E-state index in [0.29, 0.717) is 11.3 Å². The molecule has 0 unspecified atom stereocenters. The molecule has 2 N–H and O–H groups in total. The van der Waals surface area contributed by atoms with Gasteiger partial charge in [0.2, 0.25) is 0 Å². The molecule has 0 radical (unpaired) electrons. The minimum absolute atomic E-state index is 0.448. The molecular formula is C12H19N7. The number of piperazine rings is 1. The Morgan fingerprint density at radius 2 is 1.89 bits per heavy atom. The molecule has 19 heavy (non-hydrogen) atoms. The standard InChI is InChI=1S/C12H19N7/c1-17-2-4-18(5-3-17)6-7-19-9-16-10-11(13)14-8-15-12(10)19/h8-9H,2-7H2,1H3,(H2,13,14,15). The van der Waals surface area contributed by atoms with Gasteiger partial charge in [-0.1, -0.05) is 0 Å². The molecule has 0 amide bonds. The van der Waals surface area contributed by atoms with Crippen LogP contribution in [0.4, 0.5) is 5.82 Å². The molecule has 1 aliphatic rings. The SMILES string of the molecule is CN1CCN(CCn2cnc3c(N)ncnc32)CC1. The summed E-state index contributed by atoms with van der Waals surface area (Å²) < 4.78 is 2.05. The lowest BCUT2D eigenvalue weighted by Crippen LogP contribution is -2.45. The number of nitrogens with zero attached hydrogens (tertiary/aromatic N) is 6. The Morgan fingerprint density at radius 3 is 2.68 bits per heavy atom. The van der Waals surface area contributed by atoms with Crippen molar-refractivity contribution >= 4 is 17.0 Å². The van der Waals surface area contributed by atoms with E-state index in [1.165, 1.54) is 6.33 Å². The van der Waals surface area contributed by atoms with E-state index in [-0.39, 0.29) is 0 Å². The van der Waals surface area contributed by atoms with Crippen LogP contribution in [-0.2, 0) is 6.54 Å². The van der Waals surface area contributed by atoms with E-state index < -0.39 is 0 Å². The Labute approximate surface area is 112 Å². The van der Waals surface area contributed by atoms with Crippen molar-refractivity contribution in [2.75, 3.05) is 45.5 Å². The predicted molar refractivity (Wildman–Crippen MR) is 73.7 cm³/mol. The minimum Gasteiger partial charge on any atom is -0.382 e. The van der Waals surface area contributed by atoms with E-state index in [1.807, 2.05) is 4.57 Å². The number of likely N-dealkylation sites (N-methyl/N-ethyl adjacent to an activating group) is 1. The number of hydrogen-bond donors (Lipinski definition) is 1. The number of rotatable bonds is 3. The van der Waals surface area contributed by atoms with Gasteiger partial charge in [-0.3, -0.25) is 4.90 Å². The van der Waals surface area contributed by atoms with Crippen LogP contribution >= 0.6 is 0 Å². The summed E-state index contributed by atoms with van der Waals surface area (Å²) in [6, 6.07) is 0. The van der Waals surface area contributed by atoms with Crippen LogP contribution in [-0.4, -0.2) is 69.1 Å². The number of hydrogen-bond acceptors (Lipinski definition) is 6. The highest BCUT2D eigenvalue weighted by molar-refractivity contribution is 5.80. The smallest absolute Gasteiger partial charge is 0.165 e. The van der Waals surface area contributed by atoms with Gasteiger partial charge in [-0.25, -0.2) is 15.0 Å². The molecule has 0 aromatic carbocycles. The highest BCUT2D eigenvalue weighted by atomic mass is 15.3. The monoisotopic (exact) mass is 261 g/mol. The largest absolute Gasteiger partial charge is 0.382 e. The number of nitrogen functional groups attached to an aromatic ring is 1. The second-order valence-electron chi connectivity index (χ2n) is 5.01. The Hall–Kier alpha value is -1.73. The Kier molecular flexibility index (Phi) is 3.31. The lowest BCUT2D eigenvalue weighted by molar-refractivity contribution is 0.150. The van der Waals surface area contributed by atoms with Gasteiger partial charge in [-0.05, 0) is 7.05 Å². The molecule has 102 valence electrons. The zero-order valence-corrected chi connectivity index (χ0v) is 11.2. The summed E-state index contributed by atoms with van der Waals surface area (Å²) in [5, 5.41) is 0. The first-order valence-electron chi connectivity index (χ1n) is 6.56. The van der Waals surface area contributed by atoms with Gasteiger partial charge in [0.05, 0.1) is 6.33 Å². The molecule has 7 nitrogen and oxygen atoms in total. The van der Waals surface area contributed by atoms with Crippen LogP contribution in [0.15, 0.2) is 12.7 Å². The summed E-state index contributed by atoms with van der Waals surface area (Å²) >= 11 is 0.